The van der Waals surface area contributed by atoms with Gasteiger partial charge in [-0.15, -0.1) is 0 Å². The molecule has 0 aliphatic carbocycles. The highest BCUT2D eigenvalue weighted by Crippen LogP contribution is 2.30. The first kappa shape index (κ1) is 11.5. The van der Waals surface area contributed by atoms with E-state index in [4.69, 9.17) is 0 Å². The lowest BCUT2D eigenvalue weighted by atomic mass is 10.2. The molecule has 0 saturated carbocycles. The number of carbonyl (C=O) groups is 1. The molecule has 15 heavy (non-hydrogen) atoms. The minimum absolute atomic E-state index is 0.165. The van der Waals surface area contributed by atoms with Crippen molar-refractivity contribution < 1.29 is 27.6 Å². The molecule has 1 rings (SSSR count). The standard InChI is InChI=1S/C8H8O6S/c1-13-8(10)5-3-2-4-6(9)7(5)14-15(11)12/h2-4,9H,1H3,(H,11,12)/p-1. The van der Waals surface area contributed by atoms with Crippen LogP contribution in [0.3, 0.4) is 0 Å². The highest BCUT2D eigenvalue weighted by molar-refractivity contribution is 7.74. The third kappa shape index (κ3) is 2.67. The van der Waals surface area contributed by atoms with Gasteiger partial charge < -0.3 is 18.6 Å². The summed E-state index contributed by atoms with van der Waals surface area (Å²) >= 11 is -2.87. The summed E-state index contributed by atoms with van der Waals surface area (Å²) in [6.45, 7) is 0. The fourth-order valence-corrected chi connectivity index (χ4v) is 1.26. The first-order valence-corrected chi connectivity index (χ1v) is 4.74. The summed E-state index contributed by atoms with van der Waals surface area (Å²) in [4.78, 5) is 11.2. The maximum atomic E-state index is 11.2. The number of aromatic hydroxyl groups is 1. The van der Waals surface area contributed by atoms with E-state index in [1.54, 1.807) is 0 Å². The lowest BCUT2D eigenvalue weighted by Gasteiger charge is -2.11. The van der Waals surface area contributed by atoms with Crippen LogP contribution in [0.2, 0.25) is 0 Å². The number of hydrogen-bond acceptors (Lipinski definition) is 6. The Kier molecular flexibility index (Phi) is 3.64. The topological polar surface area (TPSA) is 95.9 Å². The van der Waals surface area contributed by atoms with Crippen LogP contribution in [0.25, 0.3) is 0 Å². The van der Waals surface area contributed by atoms with Gasteiger partial charge >= 0.3 is 5.97 Å². The molecule has 0 heterocycles. The Morgan fingerprint density at radius 2 is 2.20 bits per heavy atom. The molecule has 0 aliphatic rings. The van der Waals surface area contributed by atoms with Gasteiger partial charge in [-0.2, -0.15) is 0 Å². The van der Waals surface area contributed by atoms with Crippen molar-refractivity contribution in [1.82, 2.24) is 0 Å². The van der Waals surface area contributed by atoms with E-state index < -0.39 is 28.8 Å². The zero-order valence-corrected chi connectivity index (χ0v) is 8.45. The van der Waals surface area contributed by atoms with Crippen LogP contribution in [-0.2, 0) is 16.1 Å². The second-order valence-corrected chi connectivity index (χ2v) is 3.01. The fraction of sp³-hybridized carbons (Fsp3) is 0.125. The Hall–Kier alpha value is -1.60. The van der Waals surface area contributed by atoms with Gasteiger partial charge in [0.1, 0.15) is 16.9 Å². The highest BCUT2D eigenvalue weighted by atomic mass is 32.2. The van der Waals surface area contributed by atoms with Crippen LogP contribution in [0.5, 0.6) is 11.5 Å². The Bertz CT molecular complexity index is 402. The minimum Gasteiger partial charge on any atom is -0.740 e. The van der Waals surface area contributed by atoms with E-state index in [1.165, 1.54) is 18.2 Å². The Balaban J connectivity index is 3.19. The van der Waals surface area contributed by atoms with E-state index in [0.29, 0.717) is 0 Å². The molecular weight excluding hydrogens is 224 g/mol. The van der Waals surface area contributed by atoms with Crippen LogP contribution < -0.4 is 4.18 Å². The maximum absolute atomic E-state index is 11.2. The van der Waals surface area contributed by atoms with Crippen LogP contribution in [0.1, 0.15) is 10.4 Å². The highest BCUT2D eigenvalue weighted by Gasteiger charge is 2.16. The van der Waals surface area contributed by atoms with E-state index >= 15 is 0 Å². The van der Waals surface area contributed by atoms with Crippen molar-refractivity contribution >= 4 is 17.3 Å². The zero-order valence-electron chi connectivity index (χ0n) is 7.63. The average Bonchev–Trinajstić information content (AvgIpc) is 2.19. The molecule has 1 N–H and O–H groups in total. The van der Waals surface area contributed by atoms with Gasteiger partial charge in [0, 0.05) is 0 Å². The third-order valence-electron chi connectivity index (χ3n) is 1.55. The van der Waals surface area contributed by atoms with E-state index in [9.17, 15) is 18.7 Å². The molecule has 0 bridgehead atoms. The zero-order chi connectivity index (χ0) is 11.4. The molecule has 0 amide bonds. The number of methoxy groups -OCH3 is 1. The molecule has 7 heteroatoms. The lowest BCUT2D eigenvalue weighted by Crippen LogP contribution is -2.07. The first-order chi connectivity index (χ1) is 7.06. The largest absolute Gasteiger partial charge is 0.740 e. The van der Waals surface area contributed by atoms with Gasteiger partial charge in [-0.3, -0.25) is 0 Å². The van der Waals surface area contributed by atoms with Gasteiger partial charge in [-0.05, 0) is 12.1 Å². The molecule has 1 aromatic rings. The van der Waals surface area contributed by atoms with Crippen molar-refractivity contribution in [2.45, 2.75) is 0 Å². The van der Waals surface area contributed by atoms with E-state index in [2.05, 4.69) is 8.92 Å². The van der Waals surface area contributed by atoms with Gasteiger partial charge in [0.05, 0.1) is 7.11 Å². The van der Waals surface area contributed by atoms with Crippen LogP contribution in [0, 0.1) is 0 Å². The quantitative estimate of drug-likeness (QED) is 0.595. The molecule has 1 unspecified atom stereocenters. The number of carbonyl (C=O) groups excluding carboxylic acids is 1. The van der Waals surface area contributed by atoms with Gasteiger partial charge in [0.25, 0.3) is 0 Å². The number of rotatable bonds is 3. The molecule has 1 aromatic carbocycles. The number of phenolic OH excluding ortho intramolecular Hbond substituents is 1. The van der Waals surface area contributed by atoms with E-state index in [1.807, 2.05) is 0 Å². The molecule has 0 aromatic heterocycles. The number of esters is 1. The predicted octanol–water partition coefficient (Wildman–Crippen LogP) is 0.352. The van der Waals surface area contributed by atoms with Crippen molar-refractivity contribution in [3.8, 4) is 11.5 Å². The normalized spacial score (nSPS) is 11.9. The van der Waals surface area contributed by atoms with Gasteiger partial charge in [-0.1, -0.05) is 6.07 Å². The Morgan fingerprint density at radius 1 is 1.53 bits per heavy atom. The molecular formula is C8H7O6S-. The molecule has 0 saturated heterocycles. The average molecular weight is 231 g/mol. The summed E-state index contributed by atoms with van der Waals surface area (Å²) in [5.74, 6) is -1.70. The summed E-state index contributed by atoms with van der Waals surface area (Å²) in [6.07, 6.45) is 0. The van der Waals surface area contributed by atoms with Crippen molar-refractivity contribution in [3.63, 3.8) is 0 Å². The van der Waals surface area contributed by atoms with Crippen LogP contribution >= 0.6 is 0 Å². The molecule has 0 spiro atoms. The third-order valence-corrected chi connectivity index (χ3v) is 1.85. The van der Waals surface area contributed by atoms with Crippen molar-refractivity contribution in [2.24, 2.45) is 0 Å². The number of hydrogen-bond donors (Lipinski definition) is 1. The van der Waals surface area contributed by atoms with Crippen molar-refractivity contribution in [2.75, 3.05) is 7.11 Å². The number of benzene rings is 1. The van der Waals surface area contributed by atoms with Crippen LogP contribution in [0.15, 0.2) is 18.2 Å². The fourth-order valence-electron chi connectivity index (χ4n) is 0.951. The second kappa shape index (κ2) is 4.76. The summed E-state index contributed by atoms with van der Waals surface area (Å²) in [5, 5.41) is 9.28. The minimum atomic E-state index is -2.87. The van der Waals surface area contributed by atoms with E-state index in [-0.39, 0.29) is 5.56 Å². The summed E-state index contributed by atoms with van der Waals surface area (Å²) < 4.78 is 29.2. The molecule has 6 nitrogen and oxygen atoms in total. The maximum Gasteiger partial charge on any atom is 0.341 e. The van der Waals surface area contributed by atoms with Crippen LogP contribution in [0.4, 0.5) is 0 Å². The number of para-hydroxylation sites is 1. The molecule has 1 atom stereocenters. The monoisotopic (exact) mass is 231 g/mol. The second-order valence-electron chi connectivity index (χ2n) is 2.43. The summed E-state index contributed by atoms with van der Waals surface area (Å²) in [7, 11) is 1.13. The van der Waals surface area contributed by atoms with Gasteiger partial charge in [-0.25, -0.2) is 9.00 Å². The van der Waals surface area contributed by atoms with E-state index in [0.717, 1.165) is 7.11 Å². The lowest BCUT2D eigenvalue weighted by molar-refractivity contribution is 0.0598. The van der Waals surface area contributed by atoms with Crippen LogP contribution in [-0.4, -0.2) is 26.9 Å². The smallest absolute Gasteiger partial charge is 0.341 e. The Morgan fingerprint density at radius 3 is 2.73 bits per heavy atom. The van der Waals surface area contributed by atoms with Crippen molar-refractivity contribution in [3.05, 3.63) is 23.8 Å². The predicted molar refractivity (Wildman–Crippen MR) is 49.0 cm³/mol. The molecule has 0 radical (unpaired) electrons. The molecule has 0 fully saturated rings. The molecule has 0 aliphatic heterocycles. The first-order valence-electron chi connectivity index (χ1n) is 3.74. The van der Waals surface area contributed by atoms with Gasteiger partial charge in [0.2, 0.25) is 0 Å². The summed E-state index contributed by atoms with van der Waals surface area (Å²) in [5.41, 5.74) is -0.165. The Labute approximate surface area is 87.9 Å². The SMILES string of the molecule is COC(=O)c1cccc(O)c1OS(=O)[O-]. The number of phenols is 1. The summed E-state index contributed by atoms with van der Waals surface area (Å²) in [6, 6.07) is 3.82. The van der Waals surface area contributed by atoms with Gasteiger partial charge in [0.15, 0.2) is 11.5 Å². The van der Waals surface area contributed by atoms with Crippen molar-refractivity contribution in [1.29, 1.82) is 0 Å². The molecule has 82 valence electrons. The number of ether oxygens (including phenoxy) is 1.